The standard InChI is InChI=1S/C13H19ClN2O2S.C7H4FNO/c1-2-3-6-13(17)7-8-16(10-13)19(18)12-5-4-11(14)9-15-12;8-7-3-6(10)2-1-5(7)4-9/h4-5,9,17H,2-3,6-8,10H2,1H3;1-3,10H. The maximum absolute atomic E-state index is 12.5. The highest BCUT2D eigenvalue weighted by atomic mass is 35.5. The van der Waals surface area contributed by atoms with Crippen LogP contribution >= 0.6 is 11.6 Å². The summed E-state index contributed by atoms with van der Waals surface area (Å²) in [6, 6.07) is 8.38. The monoisotopic (exact) mass is 439 g/mol. The zero-order valence-electron chi connectivity index (χ0n) is 16.0. The Morgan fingerprint density at radius 2 is 2.17 bits per heavy atom. The molecule has 2 unspecified atom stereocenters. The number of halogens is 2. The van der Waals surface area contributed by atoms with E-state index in [0.717, 1.165) is 25.3 Å². The molecule has 2 atom stereocenters. The van der Waals surface area contributed by atoms with Gasteiger partial charge in [0.25, 0.3) is 0 Å². The Bertz CT molecular complexity index is 892. The number of nitrogens with zero attached hydrogens (tertiary/aromatic N) is 3. The number of rotatable bonds is 5. The van der Waals surface area contributed by atoms with Crippen molar-refractivity contribution in [3.05, 3.63) is 52.9 Å². The second kappa shape index (κ2) is 10.6. The summed E-state index contributed by atoms with van der Waals surface area (Å²) in [5.74, 6) is -0.862. The maximum Gasteiger partial charge on any atom is 0.146 e. The molecular weight excluding hydrogens is 417 g/mol. The molecule has 0 spiro atoms. The lowest BCUT2D eigenvalue weighted by atomic mass is 9.96. The van der Waals surface area contributed by atoms with Crippen LogP contribution in [0.1, 0.15) is 38.2 Å². The molecule has 2 heterocycles. The molecule has 2 N–H and O–H groups in total. The summed E-state index contributed by atoms with van der Waals surface area (Å²) in [5, 5.41) is 28.4. The molecule has 1 saturated heterocycles. The number of nitriles is 1. The predicted octanol–water partition coefficient (Wildman–Crippen LogP) is 3.79. The van der Waals surface area contributed by atoms with Crippen LogP contribution in [-0.4, -0.2) is 42.4 Å². The summed E-state index contributed by atoms with van der Waals surface area (Å²) >= 11 is 5.76. The van der Waals surface area contributed by atoms with Gasteiger partial charge in [-0.05, 0) is 37.1 Å². The second-order valence-corrected chi connectivity index (χ2v) is 8.65. The third-order valence-corrected chi connectivity index (χ3v) is 6.08. The van der Waals surface area contributed by atoms with Crippen LogP contribution < -0.4 is 0 Å². The van der Waals surface area contributed by atoms with E-state index in [2.05, 4.69) is 11.9 Å². The predicted molar refractivity (Wildman–Crippen MR) is 109 cm³/mol. The van der Waals surface area contributed by atoms with Crippen LogP contribution in [0.25, 0.3) is 0 Å². The Labute approximate surface area is 177 Å². The summed E-state index contributed by atoms with van der Waals surface area (Å²) in [6.45, 7) is 3.19. The first-order valence-corrected chi connectivity index (χ1v) is 10.7. The fraction of sp³-hybridized carbons (Fsp3) is 0.400. The number of β-amino-alcohol motifs (C(OH)–C–C–N with tert-alkyl or cyclic N) is 1. The van der Waals surface area contributed by atoms with E-state index in [4.69, 9.17) is 22.0 Å². The van der Waals surface area contributed by atoms with Crippen LogP contribution in [0.15, 0.2) is 41.6 Å². The number of aromatic hydroxyl groups is 1. The van der Waals surface area contributed by atoms with Gasteiger partial charge in [-0.2, -0.15) is 5.26 Å². The quantitative estimate of drug-likeness (QED) is 0.738. The average Bonchev–Trinajstić information content (AvgIpc) is 3.09. The molecule has 156 valence electrons. The Morgan fingerprint density at radius 1 is 1.41 bits per heavy atom. The molecule has 3 rings (SSSR count). The minimum atomic E-state index is -1.32. The highest BCUT2D eigenvalue weighted by Gasteiger charge is 2.38. The summed E-state index contributed by atoms with van der Waals surface area (Å²) in [6.07, 6.45) is 4.99. The van der Waals surface area contributed by atoms with Crippen LogP contribution in [-0.2, 0) is 11.0 Å². The first-order chi connectivity index (χ1) is 13.8. The molecular formula is C20H23ClFN3O3S. The highest BCUT2D eigenvalue weighted by Crippen LogP contribution is 2.29. The third-order valence-electron chi connectivity index (χ3n) is 4.48. The number of phenolic OH excluding ortho intramolecular Hbond substituents is 1. The van der Waals surface area contributed by atoms with Gasteiger partial charge >= 0.3 is 0 Å². The number of hydrogen-bond acceptors (Lipinski definition) is 5. The van der Waals surface area contributed by atoms with Crippen molar-refractivity contribution < 1.29 is 18.8 Å². The van der Waals surface area contributed by atoms with Gasteiger partial charge in [0.1, 0.15) is 33.6 Å². The lowest BCUT2D eigenvalue weighted by molar-refractivity contribution is 0.0451. The molecule has 0 bridgehead atoms. The fourth-order valence-corrected chi connectivity index (χ4v) is 4.18. The third kappa shape index (κ3) is 6.75. The van der Waals surface area contributed by atoms with Crippen LogP contribution in [0.3, 0.4) is 0 Å². The second-order valence-electron chi connectivity index (χ2n) is 6.78. The number of hydrogen-bond donors (Lipinski definition) is 2. The molecule has 9 heteroatoms. The number of pyridine rings is 1. The van der Waals surface area contributed by atoms with Gasteiger partial charge in [0, 0.05) is 25.4 Å². The zero-order valence-corrected chi connectivity index (χ0v) is 17.6. The molecule has 6 nitrogen and oxygen atoms in total. The summed E-state index contributed by atoms with van der Waals surface area (Å²) < 4.78 is 26.6. The molecule has 0 saturated carbocycles. The van der Waals surface area contributed by atoms with E-state index >= 15 is 0 Å². The maximum atomic E-state index is 12.5. The molecule has 0 amide bonds. The number of unbranched alkanes of at least 4 members (excludes halogenated alkanes) is 1. The lowest BCUT2D eigenvalue weighted by Gasteiger charge is -2.22. The Hall–Kier alpha value is -2.05. The zero-order chi connectivity index (χ0) is 21.4. The van der Waals surface area contributed by atoms with Crippen molar-refractivity contribution in [2.75, 3.05) is 13.1 Å². The van der Waals surface area contributed by atoms with Gasteiger partial charge in [-0.3, -0.25) is 0 Å². The normalized spacial score (nSPS) is 19.8. The minimum absolute atomic E-state index is 0.0576. The van der Waals surface area contributed by atoms with E-state index in [1.165, 1.54) is 18.3 Å². The van der Waals surface area contributed by atoms with Gasteiger partial charge in [-0.15, -0.1) is 0 Å². The average molecular weight is 440 g/mol. The van der Waals surface area contributed by atoms with Gasteiger partial charge < -0.3 is 10.2 Å². The fourth-order valence-electron chi connectivity index (χ4n) is 2.86. The molecule has 1 aliphatic rings. The van der Waals surface area contributed by atoms with E-state index < -0.39 is 22.4 Å². The van der Waals surface area contributed by atoms with Gasteiger partial charge in [0.15, 0.2) is 0 Å². The molecule has 1 aromatic carbocycles. The van der Waals surface area contributed by atoms with Gasteiger partial charge in [-0.1, -0.05) is 31.4 Å². The Kier molecular flexibility index (Phi) is 8.53. The minimum Gasteiger partial charge on any atom is -0.508 e. The van der Waals surface area contributed by atoms with Crippen molar-refractivity contribution in [3.63, 3.8) is 0 Å². The van der Waals surface area contributed by atoms with Crippen LogP contribution in [0.4, 0.5) is 4.39 Å². The van der Waals surface area contributed by atoms with Crippen LogP contribution in [0.5, 0.6) is 5.75 Å². The van der Waals surface area contributed by atoms with Crippen molar-refractivity contribution >= 4 is 22.6 Å². The van der Waals surface area contributed by atoms with Gasteiger partial charge in [0.2, 0.25) is 0 Å². The highest BCUT2D eigenvalue weighted by molar-refractivity contribution is 7.82. The molecule has 1 aromatic heterocycles. The van der Waals surface area contributed by atoms with E-state index in [0.29, 0.717) is 29.6 Å². The number of benzene rings is 1. The van der Waals surface area contributed by atoms with E-state index in [9.17, 15) is 13.7 Å². The van der Waals surface area contributed by atoms with Crippen molar-refractivity contribution in [2.24, 2.45) is 0 Å². The van der Waals surface area contributed by atoms with Crippen molar-refractivity contribution in [1.82, 2.24) is 9.29 Å². The summed E-state index contributed by atoms with van der Waals surface area (Å²) in [4.78, 5) is 4.08. The van der Waals surface area contributed by atoms with Gasteiger partial charge in [-0.25, -0.2) is 17.9 Å². The lowest BCUT2D eigenvalue weighted by Crippen LogP contribution is -2.34. The van der Waals surface area contributed by atoms with Crippen LogP contribution in [0.2, 0.25) is 5.02 Å². The molecule has 1 fully saturated rings. The molecule has 1 aliphatic heterocycles. The largest absolute Gasteiger partial charge is 0.508 e. The van der Waals surface area contributed by atoms with E-state index in [1.54, 1.807) is 22.5 Å². The molecule has 0 radical (unpaired) electrons. The number of aliphatic hydroxyl groups is 1. The first-order valence-electron chi connectivity index (χ1n) is 9.17. The van der Waals surface area contributed by atoms with E-state index in [1.807, 2.05) is 0 Å². The Balaban J connectivity index is 0.000000253. The smallest absolute Gasteiger partial charge is 0.146 e. The SMILES string of the molecule is CCCCC1(O)CCN(S(=O)c2ccc(Cl)cn2)C1.N#Cc1ccc(O)cc1F. The van der Waals surface area contributed by atoms with Crippen molar-refractivity contribution in [1.29, 1.82) is 5.26 Å². The molecule has 2 aromatic rings. The summed E-state index contributed by atoms with van der Waals surface area (Å²) in [5.41, 5.74) is -0.754. The molecule has 0 aliphatic carbocycles. The Morgan fingerprint density at radius 3 is 2.76 bits per heavy atom. The van der Waals surface area contributed by atoms with Gasteiger partial charge in [0.05, 0.1) is 16.2 Å². The topological polar surface area (TPSA) is 97.5 Å². The van der Waals surface area contributed by atoms with E-state index in [-0.39, 0.29) is 11.3 Å². The van der Waals surface area contributed by atoms with Crippen molar-refractivity contribution in [2.45, 2.75) is 43.2 Å². The number of aromatic nitrogens is 1. The van der Waals surface area contributed by atoms with Crippen LogP contribution in [0, 0.1) is 17.1 Å². The summed E-state index contributed by atoms with van der Waals surface area (Å²) in [7, 11) is -1.32. The number of phenols is 1. The first kappa shape index (κ1) is 23.2. The molecule has 29 heavy (non-hydrogen) atoms. The van der Waals surface area contributed by atoms with Crippen molar-refractivity contribution in [3.8, 4) is 11.8 Å².